The van der Waals surface area contributed by atoms with Gasteiger partial charge in [0.15, 0.2) is 0 Å². The summed E-state index contributed by atoms with van der Waals surface area (Å²) in [7, 11) is 0. The molecule has 0 amide bonds. The van der Waals surface area contributed by atoms with Gasteiger partial charge in [-0.05, 0) is 0 Å². The van der Waals surface area contributed by atoms with Crippen molar-refractivity contribution in [2.45, 2.75) is 6.10 Å². The molecule has 0 fully saturated rings. The summed E-state index contributed by atoms with van der Waals surface area (Å²) in [6.45, 7) is -0.272. The van der Waals surface area contributed by atoms with Crippen molar-refractivity contribution in [1.29, 1.82) is 0 Å². The molecule has 0 aliphatic heterocycles. The lowest BCUT2D eigenvalue weighted by molar-refractivity contribution is -0.143. The molecular formula is C5H10O3S2. The molecule has 0 unspecified atom stereocenters. The number of carboxylic acid groups (broad SMARTS) is 1. The van der Waals surface area contributed by atoms with Gasteiger partial charge >= 0.3 is 5.97 Å². The Morgan fingerprint density at radius 2 is 2.00 bits per heavy atom. The Morgan fingerprint density at radius 1 is 1.50 bits per heavy atom. The second kappa shape index (κ2) is 5.88. The van der Waals surface area contributed by atoms with E-state index in [-0.39, 0.29) is 12.7 Å². The number of carboxylic acids is 1. The third kappa shape index (κ3) is 4.96. The van der Waals surface area contributed by atoms with Crippen LogP contribution in [0.25, 0.3) is 0 Å². The molecule has 0 saturated carbocycles. The van der Waals surface area contributed by atoms with Gasteiger partial charge in [-0.1, -0.05) is 0 Å². The minimum absolute atomic E-state index is 0.164. The molecule has 0 aromatic carbocycles. The summed E-state index contributed by atoms with van der Waals surface area (Å²) in [5, 5.41) is 8.18. The largest absolute Gasteiger partial charge is 0.480 e. The van der Waals surface area contributed by atoms with E-state index >= 15 is 0 Å². The third-order valence-corrected chi connectivity index (χ3v) is 1.66. The fourth-order valence-electron chi connectivity index (χ4n) is 0.352. The Morgan fingerprint density at radius 3 is 2.30 bits per heavy atom. The van der Waals surface area contributed by atoms with Gasteiger partial charge in [-0.3, -0.25) is 0 Å². The Hall–Kier alpha value is 0.130. The maximum absolute atomic E-state index is 9.96. The zero-order valence-corrected chi connectivity index (χ0v) is 7.15. The number of hydrogen-bond acceptors (Lipinski definition) is 4. The molecule has 0 heterocycles. The van der Waals surface area contributed by atoms with E-state index < -0.39 is 5.97 Å². The normalized spacial score (nSPS) is 10.3. The summed E-state index contributed by atoms with van der Waals surface area (Å²) >= 11 is 7.86. The number of rotatable bonds is 5. The van der Waals surface area contributed by atoms with Gasteiger partial charge in [-0.2, -0.15) is 25.3 Å². The fraction of sp³-hybridized carbons (Fsp3) is 0.800. The van der Waals surface area contributed by atoms with E-state index in [1.165, 1.54) is 0 Å². The first-order valence-corrected chi connectivity index (χ1v) is 4.02. The highest BCUT2D eigenvalue weighted by atomic mass is 32.1. The van der Waals surface area contributed by atoms with Crippen LogP contribution >= 0.6 is 25.3 Å². The van der Waals surface area contributed by atoms with Crippen molar-refractivity contribution >= 4 is 31.2 Å². The lowest BCUT2D eigenvalue weighted by Gasteiger charge is -2.09. The van der Waals surface area contributed by atoms with Crippen molar-refractivity contribution in [2.75, 3.05) is 18.1 Å². The maximum Gasteiger partial charge on any atom is 0.329 e. The average Bonchev–Trinajstić information content (AvgIpc) is 1.90. The van der Waals surface area contributed by atoms with Crippen LogP contribution in [0.1, 0.15) is 0 Å². The van der Waals surface area contributed by atoms with E-state index in [1.54, 1.807) is 0 Å². The van der Waals surface area contributed by atoms with Crippen LogP contribution in [-0.4, -0.2) is 35.3 Å². The van der Waals surface area contributed by atoms with Crippen LogP contribution in [0.2, 0.25) is 0 Å². The second-order valence-corrected chi connectivity index (χ2v) is 2.42. The minimum Gasteiger partial charge on any atom is -0.480 e. The number of aliphatic carboxylic acids is 1. The van der Waals surface area contributed by atoms with Gasteiger partial charge in [0.25, 0.3) is 0 Å². The quantitative estimate of drug-likeness (QED) is 0.536. The van der Waals surface area contributed by atoms with Crippen LogP contribution < -0.4 is 0 Å². The predicted molar refractivity (Wildman–Crippen MR) is 45.1 cm³/mol. The lowest BCUT2D eigenvalue weighted by Crippen LogP contribution is -2.21. The summed E-state index contributed by atoms with van der Waals surface area (Å²) in [6.07, 6.45) is -0.164. The Balaban J connectivity index is 3.34. The van der Waals surface area contributed by atoms with Crippen LogP contribution in [-0.2, 0) is 9.53 Å². The highest BCUT2D eigenvalue weighted by Crippen LogP contribution is 1.96. The SMILES string of the molecule is O=C(O)COC(CS)CS. The molecule has 0 atom stereocenters. The highest BCUT2D eigenvalue weighted by molar-refractivity contribution is 7.81. The number of thiol groups is 2. The van der Waals surface area contributed by atoms with E-state index in [9.17, 15) is 4.79 Å². The monoisotopic (exact) mass is 182 g/mol. The third-order valence-electron chi connectivity index (χ3n) is 0.850. The van der Waals surface area contributed by atoms with E-state index in [0.717, 1.165) is 0 Å². The molecule has 3 nitrogen and oxygen atoms in total. The maximum atomic E-state index is 9.96. The van der Waals surface area contributed by atoms with Gasteiger partial charge < -0.3 is 9.84 Å². The molecule has 0 spiro atoms. The van der Waals surface area contributed by atoms with Crippen LogP contribution in [0.3, 0.4) is 0 Å². The van der Waals surface area contributed by atoms with Crippen molar-refractivity contribution in [3.05, 3.63) is 0 Å². The topological polar surface area (TPSA) is 46.5 Å². The molecule has 0 aliphatic rings. The highest BCUT2D eigenvalue weighted by Gasteiger charge is 2.05. The zero-order chi connectivity index (χ0) is 7.98. The molecule has 0 aromatic rings. The van der Waals surface area contributed by atoms with Crippen LogP contribution in [0.4, 0.5) is 0 Å². The standard InChI is InChI=1S/C5H10O3S2/c6-5(7)1-8-4(2-9)3-10/h4,9-10H,1-3H2,(H,6,7). The first kappa shape index (κ1) is 10.1. The van der Waals surface area contributed by atoms with Gasteiger partial charge in [0.2, 0.25) is 0 Å². The van der Waals surface area contributed by atoms with Crippen molar-refractivity contribution in [3.8, 4) is 0 Å². The summed E-state index contributed by atoms with van der Waals surface area (Å²) in [5.74, 6) is 0.0293. The summed E-state index contributed by atoms with van der Waals surface area (Å²) < 4.78 is 4.85. The van der Waals surface area contributed by atoms with Gasteiger partial charge in [0.1, 0.15) is 6.61 Å². The van der Waals surface area contributed by atoms with Crippen molar-refractivity contribution in [3.63, 3.8) is 0 Å². The van der Waals surface area contributed by atoms with E-state index in [0.29, 0.717) is 11.5 Å². The summed E-state index contributed by atoms with van der Waals surface area (Å²) in [6, 6.07) is 0. The molecule has 0 saturated heterocycles. The zero-order valence-electron chi connectivity index (χ0n) is 5.36. The first-order chi connectivity index (χ1) is 4.70. The van der Waals surface area contributed by atoms with Crippen molar-refractivity contribution < 1.29 is 14.6 Å². The molecule has 10 heavy (non-hydrogen) atoms. The molecule has 0 aromatic heterocycles. The molecule has 60 valence electrons. The van der Waals surface area contributed by atoms with Crippen molar-refractivity contribution in [2.24, 2.45) is 0 Å². The van der Waals surface area contributed by atoms with Gasteiger partial charge in [0, 0.05) is 11.5 Å². The van der Waals surface area contributed by atoms with E-state index in [1.807, 2.05) is 0 Å². The van der Waals surface area contributed by atoms with Crippen molar-refractivity contribution in [1.82, 2.24) is 0 Å². The summed E-state index contributed by atoms with van der Waals surface area (Å²) in [5.41, 5.74) is 0. The molecule has 0 rings (SSSR count). The fourth-order valence-corrected chi connectivity index (χ4v) is 1.02. The molecule has 1 N–H and O–H groups in total. The average molecular weight is 182 g/mol. The van der Waals surface area contributed by atoms with Crippen LogP contribution in [0.15, 0.2) is 0 Å². The molecule has 0 aliphatic carbocycles. The molecule has 0 bridgehead atoms. The molecule has 5 heteroatoms. The predicted octanol–water partition coefficient (Wildman–Crippen LogP) is 0.316. The van der Waals surface area contributed by atoms with E-state index in [2.05, 4.69) is 25.3 Å². The lowest BCUT2D eigenvalue weighted by atomic mass is 10.5. The Kier molecular flexibility index (Phi) is 5.96. The van der Waals surface area contributed by atoms with Crippen LogP contribution in [0, 0.1) is 0 Å². The van der Waals surface area contributed by atoms with Gasteiger partial charge in [0.05, 0.1) is 6.10 Å². The van der Waals surface area contributed by atoms with E-state index in [4.69, 9.17) is 9.84 Å². The second-order valence-electron chi connectivity index (χ2n) is 1.69. The molecule has 0 radical (unpaired) electrons. The first-order valence-electron chi connectivity index (χ1n) is 2.75. The Bertz CT molecular complexity index is 103. The van der Waals surface area contributed by atoms with Crippen LogP contribution in [0.5, 0.6) is 0 Å². The molecular weight excluding hydrogens is 172 g/mol. The van der Waals surface area contributed by atoms with Gasteiger partial charge in [-0.25, -0.2) is 4.79 Å². The summed E-state index contributed by atoms with van der Waals surface area (Å²) in [4.78, 5) is 9.96. The smallest absolute Gasteiger partial charge is 0.329 e. The number of ether oxygens (including phenoxy) is 1. The Labute approximate surface area is 70.6 Å². The number of hydrogen-bond donors (Lipinski definition) is 3. The van der Waals surface area contributed by atoms with Gasteiger partial charge in [-0.15, -0.1) is 0 Å². The minimum atomic E-state index is -0.964. The number of carbonyl (C=O) groups is 1.